The molecule has 1 rings (SSSR count). The maximum Gasteiger partial charge on any atom is 0.343 e. The molecule has 1 aliphatic heterocycles. The maximum atomic E-state index is 12.5. The third kappa shape index (κ3) is 5.03. The van der Waals surface area contributed by atoms with Gasteiger partial charge in [0.1, 0.15) is 0 Å². The lowest BCUT2D eigenvalue weighted by Crippen LogP contribution is -2.38. The summed E-state index contributed by atoms with van der Waals surface area (Å²) >= 11 is 1.33. The molecule has 0 radical (unpaired) electrons. The molecule has 0 spiro atoms. The van der Waals surface area contributed by atoms with Gasteiger partial charge in [-0.2, -0.15) is 11.8 Å². The lowest BCUT2D eigenvalue weighted by Gasteiger charge is -2.31. The van der Waals surface area contributed by atoms with Crippen LogP contribution < -0.4 is 5.32 Å². The fourth-order valence-electron chi connectivity index (χ4n) is 2.23. The summed E-state index contributed by atoms with van der Waals surface area (Å²) in [6.07, 6.45) is 2.05. The van der Waals surface area contributed by atoms with Crippen LogP contribution in [0.3, 0.4) is 0 Å². The highest BCUT2D eigenvalue weighted by Crippen LogP contribution is 2.46. The van der Waals surface area contributed by atoms with E-state index in [4.69, 9.17) is 0 Å². The average Bonchev–Trinajstić information content (AvgIpc) is 2.83. The van der Waals surface area contributed by atoms with Gasteiger partial charge >= 0.3 is 7.67 Å². The van der Waals surface area contributed by atoms with Crippen molar-refractivity contribution >= 4 is 37.2 Å². The van der Waals surface area contributed by atoms with E-state index in [9.17, 15) is 23.8 Å². The Labute approximate surface area is 146 Å². The highest BCUT2D eigenvalue weighted by molar-refractivity contribution is 8.00. The van der Waals surface area contributed by atoms with E-state index in [2.05, 4.69) is 5.32 Å². The van der Waals surface area contributed by atoms with Crippen LogP contribution in [0.5, 0.6) is 0 Å². The number of nitrogens with one attached hydrogen (secondary N) is 1. The Hall–Kier alpha value is -0.930. The normalized spacial score (nSPS) is 20.8. The largest absolute Gasteiger partial charge is 0.359 e. The Balaban J connectivity index is 2.58. The summed E-state index contributed by atoms with van der Waals surface area (Å²) in [5, 5.41) is 2.09. The first-order valence-electron chi connectivity index (χ1n) is 7.48. The molecule has 3 amide bonds. The highest BCUT2D eigenvalue weighted by atomic mass is 32.2. The van der Waals surface area contributed by atoms with E-state index < -0.39 is 7.67 Å². The molecule has 0 saturated carbocycles. The second-order valence-electron chi connectivity index (χ2n) is 5.51. The van der Waals surface area contributed by atoms with Crippen molar-refractivity contribution in [2.75, 3.05) is 47.0 Å². The number of imide groups is 1. The zero-order chi connectivity index (χ0) is 18.5. The molecule has 0 aromatic heterocycles. The summed E-state index contributed by atoms with van der Waals surface area (Å²) in [5.41, 5.74) is 0. The molecule has 2 N–H and O–H groups in total. The maximum absolute atomic E-state index is 12.5. The van der Waals surface area contributed by atoms with Gasteiger partial charge in [-0.15, -0.1) is 0 Å². The Kier molecular flexibility index (Phi) is 7.88. The molecule has 138 valence electrons. The SMILES string of the molecule is CNC(=O)CCN(C)P(=O)(O)N(C)CCN1C(=O)CC(SC)C1=O. The molecule has 0 bridgehead atoms. The van der Waals surface area contributed by atoms with E-state index in [-0.39, 0.29) is 55.4 Å². The number of carbonyl (C=O) groups is 3. The van der Waals surface area contributed by atoms with Crippen molar-refractivity contribution in [3.05, 3.63) is 0 Å². The van der Waals surface area contributed by atoms with Gasteiger partial charge in [0.25, 0.3) is 0 Å². The van der Waals surface area contributed by atoms with Gasteiger partial charge in [0.05, 0.1) is 5.25 Å². The fourth-order valence-corrected chi connectivity index (χ4v) is 4.10. The van der Waals surface area contributed by atoms with Crippen molar-refractivity contribution in [2.45, 2.75) is 18.1 Å². The fraction of sp³-hybridized carbons (Fsp3) is 0.769. The molecular weight excluding hydrogens is 355 g/mol. The number of thioether (sulfide) groups is 1. The van der Waals surface area contributed by atoms with E-state index in [0.717, 1.165) is 4.90 Å². The third-order valence-electron chi connectivity index (χ3n) is 3.97. The smallest absolute Gasteiger partial charge is 0.343 e. The highest BCUT2D eigenvalue weighted by Gasteiger charge is 2.39. The van der Waals surface area contributed by atoms with Gasteiger partial charge in [0.2, 0.25) is 17.7 Å². The lowest BCUT2D eigenvalue weighted by atomic mass is 10.4. The van der Waals surface area contributed by atoms with Crippen molar-refractivity contribution < 1.29 is 23.8 Å². The predicted molar refractivity (Wildman–Crippen MR) is 92.4 cm³/mol. The molecule has 24 heavy (non-hydrogen) atoms. The van der Waals surface area contributed by atoms with Crippen LogP contribution >= 0.6 is 19.4 Å². The minimum atomic E-state index is -3.83. The van der Waals surface area contributed by atoms with Crippen LogP contribution in [-0.4, -0.2) is 89.1 Å². The van der Waals surface area contributed by atoms with Crippen LogP contribution in [0.15, 0.2) is 0 Å². The summed E-state index contributed by atoms with van der Waals surface area (Å²) in [6.45, 7) is 0.268. The molecule has 1 fully saturated rings. The Morgan fingerprint density at radius 2 is 1.96 bits per heavy atom. The van der Waals surface area contributed by atoms with Gasteiger partial charge in [-0.25, -0.2) is 9.34 Å². The summed E-state index contributed by atoms with van der Waals surface area (Å²) < 4.78 is 14.9. The summed E-state index contributed by atoms with van der Waals surface area (Å²) in [7, 11) is 0.578. The van der Waals surface area contributed by atoms with Crippen LogP contribution in [-0.2, 0) is 18.9 Å². The molecule has 1 saturated heterocycles. The zero-order valence-corrected chi connectivity index (χ0v) is 16.1. The number of amides is 3. The molecule has 2 atom stereocenters. The average molecular weight is 380 g/mol. The summed E-state index contributed by atoms with van der Waals surface area (Å²) in [5.74, 6) is -0.726. The molecule has 11 heteroatoms. The van der Waals surface area contributed by atoms with Crippen molar-refractivity contribution in [3.8, 4) is 0 Å². The lowest BCUT2D eigenvalue weighted by molar-refractivity contribution is -0.138. The quantitative estimate of drug-likeness (QED) is 0.410. The molecule has 1 aliphatic rings. The standard InChI is InChI=1S/C13H25N4O5PS/c1-14-11(18)5-6-15(2)23(21,22)16(3)7-8-17-12(19)9-10(24-4)13(17)20/h10H,5-9H2,1-4H3,(H,14,18)(H,21,22). The Morgan fingerprint density at radius 1 is 1.38 bits per heavy atom. The first-order valence-corrected chi connectivity index (χ1v) is 10.3. The van der Waals surface area contributed by atoms with Crippen LogP contribution in [0, 0.1) is 0 Å². The molecule has 1 heterocycles. The van der Waals surface area contributed by atoms with E-state index in [1.807, 2.05) is 0 Å². The van der Waals surface area contributed by atoms with Gasteiger partial charge in [-0.1, -0.05) is 0 Å². The number of carbonyl (C=O) groups excluding carboxylic acids is 3. The number of hydrogen-bond acceptors (Lipinski definition) is 5. The van der Waals surface area contributed by atoms with Gasteiger partial charge in [-0.3, -0.25) is 23.8 Å². The Morgan fingerprint density at radius 3 is 2.46 bits per heavy atom. The van der Waals surface area contributed by atoms with Crippen LogP contribution in [0.4, 0.5) is 0 Å². The second kappa shape index (κ2) is 8.96. The molecule has 9 nitrogen and oxygen atoms in total. The molecule has 0 aromatic rings. The van der Waals surface area contributed by atoms with Gasteiger partial charge in [0, 0.05) is 39.5 Å². The summed E-state index contributed by atoms with van der Waals surface area (Å²) in [6, 6.07) is 0. The summed E-state index contributed by atoms with van der Waals surface area (Å²) in [4.78, 5) is 46.5. The third-order valence-corrected chi connectivity index (χ3v) is 7.08. The monoisotopic (exact) mass is 380 g/mol. The van der Waals surface area contributed by atoms with Gasteiger partial charge in [0.15, 0.2) is 0 Å². The van der Waals surface area contributed by atoms with E-state index >= 15 is 0 Å². The van der Waals surface area contributed by atoms with Crippen LogP contribution in [0.25, 0.3) is 0 Å². The van der Waals surface area contributed by atoms with Crippen molar-refractivity contribution in [3.63, 3.8) is 0 Å². The minimum Gasteiger partial charge on any atom is -0.359 e. The number of likely N-dealkylation sites (tertiary alicyclic amines) is 1. The minimum absolute atomic E-state index is 0.0685. The van der Waals surface area contributed by atoms with E-state index in [1.165, 1.54) is 42.2 Å². The van der Waals surface area contributed by atoms with Crippen LogP contribution in [0.2, 0.25) is 0 Å². The molecule has 2 unspecified atom stereocenters. The zero-order valence-electron chi connectivity index (χ0n) is 14.4. The molecule has 0 aromatic carbocycles. The molecular formula is C13H25N4O5PS. The van der Waals surface area contributed by atoms with Gasteiger partial charge < -0.3 is 10.2 Å². The topological polar surface area (TPSA) is 110 Å². The Bertz CT molecular complexity index is 546. The van der Waals surface area contributed by atoms with Crippen molar-refractivity contribution in [2.24, 2.45) is 0 Å². The number of rotatable bonds is 9. The number of likely N-dealkylation sites (N-methyl/N-ethyl adjacent to an activating group) is 1. The number of hydrogen-bond donors (Lipinski definition) is 2. The second-order valence-corrected chi connectivity index (χ2v) is 8.94. The van der Waals surface area contributed by atoms with Crippen molar-refractivity contribution in [1.29, 1.82) is 0 Å². The number of nitrogens with zero attached hydrogens (tertiary/aromatic N) is 3. The van der Waals surface area contributed by atoms with Crippen molar-refractivity contribution in [1.82, 2.24) is 19.6 Å². The van der Waals surface area contributed by atoms with E-state index in [0.29, 0.717) is 0 Å². The van der Waals surface area contributed by atoms with Crippen LogP contribution in [0.1, 0.15) is 12.8 Å². The van der Waals surface area contributed by atoms with E-state index in [1.54, 1.807) is 6.26 Å². The first kappa shape index (κ1) is 21.1. The van der Waals surface area contributed by atoms with Gasteiger partial charge in [-0.05, 0) is 20.4 Å². The predicted octanol–water partition coefficient (Wildman–Crippen LogP) is -0.423. The molecule has 0 aliphatic carbocycles. The first-order chi connectivity index (χ1) is 11.1.